The topological polar surface area (TPSA) is 26.3 Å². The van der Waals surface area contributed by atoms with Gasteiger partial charge in [0.05, 0.1) is 6.61 Å². The number of hydrogen-bond acceptors (Lipinski definition) is 2. The van der Waals surface area contributed by atoms with Crippen LogP contribution in [0.2, 0.25) is 0 Å². The summed E-state index contributed by atoms with van der Waals surface area (Å²) in [5, 5.41) is 0. The van der Waals surface area contributed by atoms with Crippen molar-refractivity contribution < 1.29 is 9.53 Å². The van der Waals surface area contributed by atoms with Crippen molar-refractivity contribution in [1.29, 1.82) is 0 Å². The van der Waals surface area contributed by atoms with Gasteiger partial charge in [-0.3, -0.25) is 4.79 Å². The van der Waals surface area contributed by atoms with Gasteiger partial charge in [0.2, 0.25) is 0 Å². The highest BCUT2D eigenvalue weighted by molar-refractivity contribution is 5.81. The van der Waals surface area contributed by atoms with Crippen LogP contribution in [0.5, 0.6) is 0 Å². The minimum Gasteiger partial charge on any atom is -0.381 e. The first kappa shape index (κ1) is 6.35. The van der Waals surface area contributed by atoms with Gasteiger partial charge in [0, 0.05) is 24.9 Å². The molecular weight excluding hydrogens is 128 g/mol. The van der Waals surface area contributed by atoms with Crippen molar-refractivity contribution in [2.75, 3.05) is 13.2 Å². The van der Waals surface area contributed by atoms with E-state index in [9.17, 15) is 4.79 Å². The standard InChI is InChI=1S/C8H12O2/c9-7-1-2-8(5-7)3-4-10-6-8/h1-6H2. The highest BCUT2D eigenvalue weighted by Crippen LogP contribution is 2.42. The summed E-state index contributed by atoms with van der Waals surface area (Å²) in [5.41, 5.74) is 0.289. The number of ketones is 1. The Morgan fingerprint density at radius 2 is 2.30 bits per heavy atom. The molecule has 0 bridgehead atoms. The fourth-order valence-electron chi connectivity index (χ4n) is 1.99. The molecule has 56 valence electrons. The molecule has 1 saturated carbocycles. The Bertz CT molecular complexity index is 157. The van der Waals surface area contributed by atoms with Crippen molar-refractivity contribution in [3.63, 3.8) is 0 Å². The van der Waals surface area contributed by atoms with Crippen molar-refractivity contribution in [1.82, 2.24) is 0 Å². The number of hydrogen-bond donors (Lipinski definition) is 0. The van der Waals surface area contributed by atoms with Crippen LogP contribution in [0.1, 0.15) is 25.7 Å². The molecule has 2 aliphatic rings. The Morgan fingerprint density at radius 1 is 1.40 bits per heavy atom. The van der Waals surface area contributed by atoms with Gasteiger partial charge in [-0.2, -0.15) is 0 Å². The van der Waals surface area contributed by atoms with Crippen LogP contribution in [0.25, 0.3) is 0 Å². The van der Waals surface area contributed by atoms with Gasteiger partial charge in [-0.1, -0.05) is 0 Å². The first-order valence-electron chi connectivity index (χ1n) is 3.90. The third-order valence-electron chi connectivity index (χ3n) is 2.69. The molecule has 0 aromatic rings. The molecule has 1 spiro atoms. The van der Waals surface area contributed by atoms with Crippen LogP contribution in [0.3, 0.4) is 0 Å². The number of carbonyl (C=O) groups excluding carboxylic acids is 1. The summed E-state index contributed by atoms with van der Waals surface area (Å²) in [6.45, 7) is 1.70. The van der Waals surface area contributed by atoms with Crippen LogP contribution in [-0.4, -0.2) is 19.0 Å². The molecule has 1 heterocycles. The summed E-state index contributed by atoms with van der Waals surface area (Å²) in [7, 11) is 0. The van der Waals surface area contributed by atoms with E-state index in [0.717, 1.165) is 38.9 Å². The van der Waals surface area contributed by atoms with E-state index in [-0.39, 0.29) is 5.41 Å². The summed E-state index contributed by atoms with van der Waals surface area (Å²) >= 11 is 0. The quantitative estimate of drug-likeness (QED) is 0.504. The van der Waals surface area contributed by atoms with Gasteiger partial charge in [-0.25, -0.2) is 0 Å². The first-order valence-corrected chi connectivity index (χ1v) is 3.90. The molecule has 2 nitrogen and oxygen atoms in total. The lowest BCUT2D eigenvalue weighted by molar-refractivity contribution is -0.118. The van der Waals surface area contributed by atoms with Crippen LogP contribution < -0.4 is 0 Å². The molecule has 1 unspecified atom stereocenters. The maximum atomic E-state index is 10.9. The van der Waals surface area contributed by atoms with Crippen LogP contribution in [0, 0.1) is 5.41 Å². The Morgan fingerprint density at radius 3 is 2.80 bits per heavy atom. The first-order chi connectivity index (χ1) is 4.81. The fraction of sp³-hybridized carbons (Fsp3) is 0.875. The molecule has 1 atom stereocenters. The zero-order valence-electron chi connectivity index (χ0n) is 6.06. The van der Waals surface area contributed by atoms with Gasteiger partial charge in [0.15, 0.2) is 0 Å². The van der Waals surface area contributed by atoms with Crippen LogP contribution >= 0.6 is 0 Å². The van der Waals surface area contributed by atoms with E-state index in [0.29, 0.717) is 5.78 Å². The van der Waals surface area contributed by atoms with E-state index < -0.39 is 0 Å². The third-order valence-corrected chi connectivity index (χ3v) is 2.69. The lowest BCUT2D eigenvalue weighted by atomic mass is 9.86. The monoisotopic (exact) mass is 140 g/mol. The molecule has 2 heteroatoms. The summed E-state index contributed by atoms with van der Waals surface area (Å²) < 4.78 is 5.28. The second-order valence-electron chi connectivity index (χ2n) is 3.52. The van der Waals surface area contributed by atoms with Gasteiger partial charge in [-0.05, 0) is 12.8 Å². The molecule has 0 radical (unpaired) electrons. The number of Topliss-reactive ketones (excluding diaryl/α,β-unsaturated/α-hetero) is 1. The van der Waals surface area contributed by atoms with Gasteiger partial charge in [0.1, 0.15) is 5.78 Å². The lowest BCUT2D eigenvalue weighted by Crippen LogP contribution is -2.16. The molecule has 0 amide bonds. The summed E-state index contributed by atoms with van der Waals surface area (Å²) in [5.74, 6) is 0.436. The Balaban J connectivity index is 2.09. The van der Waals surface area contributed by atoms with Gasteiger partial charge < -0.3 is 4.74 Å². The third kappa shape index (κ3) is 0.870. The van der Waals surface area contributed by atoms with Crippen molar-refractivity contribution in [3.05, 3.63) is 0 Å². The molecule has 1 aliphatic heterocycles. The maximum absolute atomic E-state index is 10.9. The van der Waals surface area contributed by atoms with E-state index in [2.05, 4.69) is 0 Å². The second-order valence-corrected chi connectivity index (χ2v) is 3.52. The largest absolute Gasteiger partial charge is 0.381 e. The molecule has 0 aromatic heterocycles. The SMILES string of the molecule is O=C1CCC2(CCOC2)C1. The predicted octanol–water partition coefficient (Wildman–Crippen LogP) is 1.15. The van der Waals surface area contributed by atoms with Crippen LogP contribution in [0.15, 0.2) is 0 Å². The second kappa shape index (κ2) is 2.06. The highest BCUT2D eigenvalue weighted by Gasteiger charge is 2.41. The minimum absolute atomic E-state index is 0.289. The van der Waals surface area contributed by atoms with Crippen molar-refractivity contribution >= 4 is 5.78 Å². The molecule has 1 aliphatic carbocycles. The van der Waals surface area contributed by atoms with E-state index in [4.69, 9.17) is 4.74 Å². The fourth-order valence-corrected chi connectivity index (χ4v) is 1.99. The van der Waals surface area contributed by atoms with E-state index in [1.807, 2.05) is 0 Å². The predicted molar refractivity (Wildman–Crippen MR) is 36.7 cm³/mol. The van der Waals surface area contributed by atoms with E-state index in [1.54, 1.807) is 0 Å². The summed E-state index contributed by atoms with van der Waals surface area (Å²) in [4.78, 5) is 10.9. The van der Waals surface area contributed by atoms with Crippen molar-refractivity contribution in [2.24, 2.45) is 5.41 Å². The summed E-state index contributed by atoms with van der Waals surface area (Å²) in [6, 6.07) is 0. The van der Waals surface area contributed by atoms with Gasteiger partial charge in [-0.15, -0.1) is 0 Å². The normalized spacial score (nSPS) is 39.8. The zero-order chi connectivity index (χ0) is 7.03. The lowest BCUT2D eigenvalue weighted by Gasteiger charge is -2.17. The highest BCUT2D eigenvalue weighted by atomic mass is 16.5. The molecule has 10 heavy (non-hydrogen) atoms. The molecule has 1 saturated heterocycles. The molecule has 2 rings (SSSR count). The number of carbonyl (C=O) groups is 1. The van der Waals surface area contributed by atoms with Crippen LogP contribution in [0.4, 0.5) is 0 Å². The van der Waals surface area contributed by atoms with Gasteiger partial charge >= 0.3 is 0 Å². The summed E-state index contributed by atoms with van der Waals surface area (Å²) in [6.07, 6.45) is 3.76. The van der Waals surface area contributed by atoms with Gasteiger partial charge in [0.25, 0.3) is 0 Å². The van der Waals surface area contributed by atoms with Crippen LogP contribution in [-0.2, 0) is 9.53 Å². The minimum atomic E-state index is 0.289. The maximum Gasteiger partial charge on any atom is 0.133 e. The molecular formula is C8H12O2. The number of rotatable bonds is 0. The van der Waals surface area contributed by atoms with E-state index >= 15 is 0 Å². The zero-order valence-corrected chi connectivity index (χ0v) is 6.06. The Kier molecular flexibility index (Phi) is 1.31. The number of ether oxygens (including phenoxy) is 1. The average Bonchev–Trinajstić information content (AvgIpc) is 2.46. The molecule has 0 N–H and O–H groups in total. The van der Waals surface area contributed by atoms with Crippen molar-refractivity contribution in [2.45, 2.75) is 25.7 Å². The Hall–Kier alpha value is -0.370. The smallest absolute Gasteiger partial charge is 0.133 e. The Labute approximate surface area is 60.6 Å². The van der Waals surface area contributed by atoms with Crippen molar-refractivity contribution in [3.8, 4) is 0 Å². The average molecular weight is 140 g/mol. The molecule has 2 fully saturated rings. The molecule has 0 aromatic carbocycles. The van der Waals surface area contributed by atoms with E-state index in [1.165, 1.54) is 0 Å².